The third kappa shape index (κ3) is 9.53. The Kier molecular flexibility index (Phi) is 11.9. The van der Waals surface area contributed by atoms with Crippen LogP contribution in [0.2, 0.25) is 0 Å². The molecule has 0 unspecified atom stereocenters. The fraction of sp³-hybridized carbons (Fsp3) is 0.458. The van der Waals surface area contributed by atoms with E-state index in [4.69, 9.17) is 4.74 Å². The van der Waals surface area contributed by atoms with E-state index in [0.717, 1.165) is 63.4 Å². The molecule has 33 heavy (non-hydrogen) atoms. The molecular formula is C24H33FIN5O2. The van der Waals surface area contributed by atoms with E-state index < -0.39 is 0 Å². The summed E-state index contributed by atoms with van der Waals surface area (Å²) < 4.78 is 18.6. The van der Waals surface area contributed by atoms with Crippen molar-refractivity contribution in [3.63, 3.8) is 0 Å². The Balaban J connectivity index is 0.00000385. The number of amides is 1. The number of carbonyl (C=O) groups is 1. The van der Waals surface area contributed by atoms with Crippen LogP contribution >= 0.6 is 24.0 Å². The zero-order valence-electron chi connectivity index (χ0n) is 19.1. The van der Waals surface area contributed by atoms with Gasteiger partial charge in [0.1, 0.15) is 11.6 Å². The molecule has 1 aromatic heterocycles. The molecular weight excluding hydrogens is 536 g/mol. The Morgan fingerprint density at radius 3 is 2.70 bits per heavy atom. The highest BCUT2D eigenvalue weighted by molar-refractivity contribution is 14.0. The summed E-state index contributed by atoms with van der Waals surface area (Å²) in [6, 6.07) is 9.49. The monoisotopic (exact) mass is 569 g/mol. The third-order valence-corrected chi connectivity index (χ3v) is 5.17. The minimum Gasteiger partial charge on any atom is -0.439 e. The van der Waals surface area contributed by atoms with Crippen molar-refractivity contribution in [2.75, 3.05) is 26.2 Å². The van der Waals surface area contributed by atoms with Crippen LogP contribution in [-0.4, -0.2) is 47.9 Å². The lowest BCUT2D eigenvalue weighted by atomic mass is 10.2. The Labute approximate surface area is 212 Å². The summed E-state index contributed by atoms with van der Waals surface area (Å²) in [7, 11) is 0. The van der Waals surface area contributed by atoms with Gasteiger partial charge in [0.2, 0.25) is 11.8 Å². The molecule has 2 aromatic rings. The number of pyridine rings is 1. The number of guanidine groups is 1. The van der Waals surface area contributed by atoms with Crippen LogP contribution in [0, 0.1) is 5.82 Å². The van der Waals surface area contributed by atoms with Crippen LogP contribution in [0.4, 0.5) is 4.39 Å². The van der Waals surface area contributed by atoms with E-state index in [1.807, 2.05) is 17.9 Å². The van der Waals surface area contributed by atoms with Gasteiger partial charge in [-0.2, -0.15) is 0 Å². The molecule has 1 aliphatic rings. The molecule has 1 amide bonds. The quantitative estimate of drug-likeness (QED) is 0.202. The lowest BCUT2D eigenvalue weighted by Gasteiger charge is -2.20. The van der Waals surface area contributed by atoms with E-state index in [0.29, 0.717) is 24.6 Å². The van der Waals surface area contributed by atoms with Crippen LogP contribution in [-0.2, 0) is 11.3 Å². The molecule has 1 aliphatic heterocycles. The molecule has 0 radical (unpaired) electrons. The molecule has 0 atom stereocenters. The van der Waals surface area contributed by atoms with Crippen molar-refractivity contribution in [1.82, 2.24) is 20.5 Å². The standard InChI is InChI=1S/C24H32FN5O2.HI/c1-2-26-24(27-14-6-16-30-15-5-3-4-7-23(30)31)29-18-19-8-13-22(28-17-19)32-21-11-9-20(25)10-12-21;/h8-13,17H,2-7,14-16,18H2,1H3,(H2,26,27,29);1H. The summed E-state index contributed by atoms with van der Waals surface area (Å²) in [5.74, 6) is 1.69. The van der Waals surface area contributed by atoms with Crippen LogP contribution in [0.1, 0.15) is 44.6 Å². The number of likely N-dealkylation sites (tertiary alicyclic amines) is 1. The van der Waals surface area contributed by atoms with Gasteiger partial charge in [0.25, 0.3) is 0 Å². The molecule has 1 fully saturated rings. The second-order valence-electron chi connectivity index (χ2n) is 7.73. The topological polar surface area (TPSA) is 78.9 Å². The van der Waals surface area contributed by atoms with Gasteiger partial charge in [-0.1, -0.05) is 12.5 Å². The molecule has 2 heterocycles. The number of rotatable bonds is 9. The van der Waals surface area contributed by atoms with Crippen molar-refractivity contribution < 1.29 is 13.9 Å². The van der Waals surface area contributed by atoms with E-state index in [1.165, 1.54) is 12.1 Å². The lowest BCUT2D eigenvalue weighted by molar-refractivity contribution is -0.130. The normalized spacial score (nSPS) is 14.3. The summed E-state index contributed by atoms with van der Waals surface area (Å²) in [5.41, 5.74) is 0.948. The molecule has 1 saturated heterocycles. The fourth-order valence-electron chi connectivity index (χ4n) is 3.45. The Morgan fingerprint density at radius 2 is 1.97 bits per heavy atom. The van der Waals surface area contributed by atoms with Crippen molar-refractivity contribution in [2.45, 2.75) is 45.6 Å². The number of ether oxygens (including phenoxy) is 1. The summed E-state index contributed by atoms with van der Waals surface area (Å²) in [4.78, 5) is 23.0. The minimum atomic E-state index is -0.306. The molecule has 0 bridgehead atoms. The van der Waals surface area contributed by atoms with Crippen LogP contribution in [0.3, 0.4) is 0 Å². The maximum atomic E-state index is 13.0. The summed E-state index contributed by atoms with van der Waals surface area (Å²) in [6.45, 7) is 5.67. The van der Waals surface area contributed by atoms with Crippen molar-refractivity contribution in [3.05, 3.63) is 54.0 Å². The second kappa shape index (κ2) is 14.7. The lowest BCUT2D eigenvalue weighted by Crippen LogP contribution is -2.39. The highest BCUT2D eigenvalue weighted by Crippen LogP contribution is 2.19. The number of aliphatic imine (C=N–C) groups is 1. The van der Waals surface area contributed by atoms with Gasteiger partial charge >= 0.3 is 0 Å². The predicted molar refractivity (Wildman–Crippen MR) is 139 cm³/mol. The van der Waals surface area contributed by atoms with E-state index in [1.54, 1.807) is 24.4 Å². The van der Waals surface area contributed by atoms with Crippen molar-refractivity contribution in [3.8, 4) is 11.6 Å². The maximum absolute atomic E-state index is 13.0. The molecule has 9 heteroatoms. The molecule has 2 N–H and O–H groups in total. The SMILES string of the molecule is CCNC(=NCc1ccc(Oc2ccc(F)cc2)nc1)NCCCN1CCCCCC1=O.I. The van der Waals surface area contributed by atoms with Crippen molar-refractivity contribution in [2.24, 2.45) is 4.99 Å². The molecule has 0 spiro atoms. The Bertz CT molecular complexity index is 877. The maximum Gasteiger partial charge on any atom is 0.222 e. The van der Waals surface area contributed by atoms with Crippen LogP contribution in [0.15, 0.2) is 47.6 Å². The minimum absolute atomic E-state index is 0. The number of hydrogen-bond donors (Lipinski definition) is 2. The first-order valence-electron chi connectivity index (χ1n) is 11.3. The van der Waals surface area contributed by atoms with Gasteiger partial charge in [-0.3, -0.25) is 4.79 Å². The molecule has 1 aromatic carbocycles. The smallest absolute Gasteiger partial charge is 0.222 e. The zero-order valence-corrected chi connectivity index (χ0v) is 21.4. The van der Waals surface area contributed by atoms with Crippen molar-refractivity contribution >= 4 is 35.8 Å². The fourth-order valence-corrected chi connectivity index (χ4v) is 3.45. The van der Waals surface area contributed by atoms with Crippen LogP contribution in [0.5, 0.6) is 11.6 Å². The zero-order chi connectivity index (χ0) is 22.6. The molecule has 0 aliphatic carbocycles. The van der Waals surface area contributed by atoms with Gasteiger partial charge in [-0.15, -0.1) is 24.0 Å². The largest absolute Gasteiger partial charge is 0.439 e. The number of nitrogens with zero attached hydrogens (tertiary/aromatic N) is 3. The third-order valence-electron chi connectivity index (χ3n) is 5.17. The summed E-state index contributed by atoms with van der Waals surface area (Å²) in [5, 5.41) is 6.58. The highest BCUT2D eigenvalue weighted by Gasteiger charge is 2.15. The first kappa shape index (κ1) is 26.8. The second-order valence-corrected chi connectivity index (χ2v) is 7.73. The van der Waals surface area contributed by atoms with E-state index in [2.05, 4.69) is 20.6 Å². The van der Waals surface area contributed by atoms with Gasteiger partial charge in [0.15, 0.2) is 5.96 Å². The molecule has 7 nitrogen and oxygen atoms in total. The van der Waals surface area contributed by atoms with Gasteiger partial charge in [-0.25, -0.2) is 14.4 Å². The van der Waals surface area contributed by atoms with Crippen LogP contribution < -0.4 is 15.4 Å². The first-order chi connectivity index (χ1) is 15.6. The molecule has 180 valence electrons. The molecule has 0 saturated carbocycles. The predicted octanol–water partition coefficient (Wildman–Crippen LogP) is 4.48. The number of hydrogen-bond acceptors (Lipinski definition) is 4. The van der Waals surface area contributed by atoms with E-state index >= 15 is 0 Å². The average molecular weight is 569 g/mol. The average Bonchev–Trinajstić information content (AvgIpc) is 3.01. The van der Waals surface area contributed by atoms with Gasteiger partial charge in [-0.05, 0) is 56.0 Å². The van der Waals surface area contributed by atoms with Gasteiger partial charge in [0.05, 0.1) is 6.54 Å². The number of halogens is 2. The number of nitrogens with one attached hydrogen (secondary N) is 2. The first-order valence-corrected chi connectivity index (χ1v) is 11.3. The Hall–Kier alpha value is -2.43. The van der Waals surface area contributed by atoms with Crippen LogP contribution in [0.25, 0.3) is 0 Å². The number of aromatic nitrogens is 1. The molecule has 3 rings (SSSR count). The van der Waals surface area contributed by atoms with Gasteiger partial charge in [0, 0.05) is 44.9 Å². The van der Waals surface area contributed by atoms with E-state index in [-0.39, 0.29) is 35.7 Å². The van der Waals surface area contributed by atoms with Crippen molar-refractivity contribution in [1.29, 1.82) is 0 Å². The highest BCUT2D eigenvalue weighted by atomic mass is 127. The van der Waals surface area contributed by atoms with Gasteiger partial charge < -0.3 is 20.3 Å². The Morgan fingerprint density at radius 1 is 1.15 bits per heavy atom. The number of benzene rings is 1. The summed E-state index contributed by atoms with van der Waals surface area (Å²) in [6.07, 6.45) is 6.54. The summed E-state index contributed by atoms with van der Waals surface area (Å²) >= 11 is 0. The van der Waals surface area contributed by atoms with E-state index in [9.17, 15) is 9.18 Å². The number of carbonyl (C=O) groups excluding carboxylic acids is 1.